The van der Waals surface area contributed by atoms with E-state index in [-0.39, 0.29) is 10.8 Å². The maximum Gasteiger partial charge on any atom is 0.112 e. The number of nitrogens with zero attached hydrogens (tertiary/aromatic N) is 2. The lowest BCUT2D eigenvalue weighted by Crippen LogP contribution is -2.29. The van der Waals surface area contributed by atoms with Gasteiger partial charge in [0.05, 0.1) is 11.4 Å². The van der Waals surface area contributed by atoms with Crippen molar-refractivity contribution in [3.8, 4) is 0 Å². The summed E-state index contributed by atoms with van der Waals surface area (Å²) in [5.74, 6) is 1.85. The Balaban J connectivity index is 1.86. The molecule has 4 aromatic rings. The van der Waals surface area contributed by atoms with Gasteiger partial charge in [-0.3, -0.25) is 0 Å². The van der Waals surface area contributed by atoms with Crippen LogP contribution in [0.15, 0.2) is 82.8 Å². The second kappa shape index (κ2) is 11.3. The summed E-state index contributed by atoms with van der Waals surface area (Å²) < 4.78 is 0. The summed E-state index contributed by atoms with van der Waals surface area (Å²) in [6.07, 6.45) is 0. The number of fused-ring (bicyclic) bond motifs is 1. The number of nitrogens with one attached hydrogen (secondary N) is 2. The van der Waals surface area contributed by atoms with E-state index in [1.54, 1.807) is 0 Å². The lowest BCUT2D eigenvalue weighted by Gasteiger charge is -2.27. The van der Waals surface area contributed by atoms with E-state index in [0.29, 0.717) is 0 Å². The molecule has 0 atom stereocenters. The van der Waals surface area contributed by atoms with E-state index in [4.69, 9.17) is 9.98 Å². The molecule has 0 saturated carbocycles. The molecule has 0 heterocycles. The summed E-state index contributed by atoms with van der Waals surface area (Å²) in [5.41, 5.74) is 8.36. The number of benzene rings is 4. The minimum Gasteiger partial charge on any atom is -0.343 e. The normalized spacial score (nSPS) is 13.1. The van der Waals surface area contributed by atoms with Crippen molar-refractivity contribution in [1.29, 1.82) is 0 Å². The number of amidine groups is 2. The molecule has 4 heteroatoms. The summed E-state index contributed by atoms with van der Waals surface area (Å²) in [7, 11) is 0. The van der Waals surface area contributed by atoms with E-state index in [2.05, 4.69) is 153 Å². The number of para-hydroxylation sites is 2. The van der Waals surface area contributed by atoms with E-state index >= 15 is 0 Å². The van der Waals surface area contributed by atoms with Crippen LogP contribution in [-0.2, 0) is 0 Å². The fraction of sp³-hybridized carbons (Fsp3) is 0.333. The van der Waals surface area contributed by atoms with Crippen molar-refractivity contribution in [2.24, 2.45) is 20.8 Å². The molecule has 0 unspecified atom stereocenters. The van der Waals surface area contributed by atoms with Crippen molar-refractivity contribution in [3.05, 3.63) is 95.1 Å². The first-order chi connectivity index (χ1) is 18.8. The lowest BCUT2D eigenvalue weighted by molar-refractivity contribution is 0.590. The molecule has 208 valence electrons. The Kier molecular flexibility index (Phi) is 8.20. The van der Waals surface area contributed by atoms with E-state index in [1.807, 2.05) is 0 Å². The maximum atomic E-state index is 5.20. The van der Waals surface area contributed by atoms with Crippen molar-refractivity contribution < 1.29 is 0 Å². The summed E-state index contributed by atoms with van der Waals surface area (Å²) in [6, 6.07) is 25.4. The summed E-state index contributed by atoms with van der Waals surface area (Å²) in [5, 5.41) is 9.77. The molecule has 0 radical (unpaired) electrons. The molecule has 0 amide bonds. The van der Waals surface area contributed by atoms with Crippen LogP contribution in [0.5, 0.6) is 0 Å². The fourth-order valence-corrected chi connectivity index (χ4v) is 4.76. The molecule has 4 aromatic carbocycles. The van der Waals surface area contributed by atoms with Gasteiger partial charge in [0.25, 0.3) is 0 Å². The average Bonchev–Trinajstić information content (AvgIpc) is 2.86. The SMILES string of the molecule is Cc1cccc(C)c1N=C(Nc1cccc2cccc(NC(=Nc3c(C)cccc3C)C(C)(C)C)c12)C(C)(C)C. The summed E-state index contributed by atoms with van der Waals surface area (Å²) >= 11 is 0. The number of anilines is 2. The van der Waals surface area contributed by atoms with Crippen molar-refractivity contribution in [1.82, 2.24) is 0 Å². The van der Waals surface area contributed by atoms with Gasteiger partial charge in [-0.25, -0.2) is 9.98 Å². The van der Waals surface area contributed by atoms with E-state index < -0.39 is 0 Å². The summed E-state index contributed by atoms with van der Waals surface area (Å²) in [4.78, 5) is 10.4. The van der Waals surface area contributed by atoms with E-state index in [1.165, 1.54) is 22.3 Å². The van der Waals surface area contributed by atoms with Crippen molar-refractivity contribution in [3.63, 3.8) is 0 Å². The van der Waals surface area contributed by atoms with Crippen LogP contribution in [0.3, 0.4) is 0 Å². The van der Waals surface area contributed by atoms with Gasteiger partial charge in [-0.15, -0.1) is 0 Å². The minimum atomic E-state index is -0.195. The standard InChI is InChI=1S/C36H44N4/c1-23-15-11-16-24(2)31(23)39-33(35(5,6)7)37-28-21-13-19-27-20-14-22-29(30(27)28)38-34(36(8,9)10)40-32-25(3)17-12-18-26(32)4/h11-22H,1-10H3,(H,37,39)(H,38,40). The number of hydrogen-bond acceptors (Lipinski definition) is 2. The largest absolute Gasteiger partial charge is 0.343 e. The highest BCUT2D eigenvalue weighted by Crippen LogP contribution is 2.35. The zero-order valence-electron chi connectivity index (χ0n) is 25.8. The Labute approximate surface area is 240 Å². The third kappa shape index (κ3) is 6.44. The van der Waals surface area contributed by atoms with Crippen LogP contribution in [0.25, 0.3) is 10.8 Å². The molecule has 4 nitrogen and oxygen atoms in total. The zero-order chi connectivity index (χ0) is 29.2. The van der Waals surface area contributed by atoms with Gasteiger partial charge < -0.3 is 10.6 Å². The van der Waals surface area contributed by atoms with Crippen LogP contribution in [0, 0.1) is 38.5 Å². The van der Waals surface area contributed by atoms with Gasteiger partial charge in [0, 0.05) is 27.6 Å². The molecular formula is C36H44N4. The van der Waals surface area contributed by atoms with Crippen LogP contribution in [0.1, 0.15) is 63.8 Å². The number of rotatable bonds is 4. The van der Waals surface area contributed by atoms with Gasteiger partial charge in [-0.05, 0) is 67.5 Å². The van der Waals surface area contributed by atoms with Crippen LogP contribution >= 0.6 is 0 Å². The third-order valence-corrected chi connectivity index (χ3v) is 7.16. The smallest absolute Gasteiger partial charge is 0.112 e. The average molecular weight is 533 g/mol. The van der Waals surface area contributed by atoms with Crippen LogP contribution < -0.4 is 10.6 Å². The number of aryl methyl sites for hydroxylation is 4. The predicted molar refractivity (Wildman–Crippen MR) is 176 cm³/mol. The highest BCUT2D eigenvalue weighted by molar-refractivity contribution is 6.14. The molecule has 0 aliphatic heterocycles. The minimum absolute atomic E-state index is 0.195. The quantitative estimate of drug-likeness (QED) is 0.203. The van der Waals surface area contributed by atoms with Crippen molar-refractivity contribution >= 4 is 45.2 Å². The highest BCUT2D eigenvalue weighted by Gasteiger charge is 2.24. The molecule has 0 saturated heterocycles. The van der Waals surface area contributed by atoms with Crippen LogP contribution in [0.4, 0.5) is 22.7 Å². The maximum absolute atomic E-state index is 5.20. The highest BCUT2D eigenvalue weighted by atomic mass is 15.0. The molecule has 0 aliphatic rings. The van der Waals surface area contributed by atoms with E-state index in [9.17, 15) is 0 Å². The molecule has 0 aliphatic carbocycles. The van der Waals surface area contributed by atoms with Gasteiger partial charge in [0.2, 0.25) is 0 Å². The molecule has 4 rings (SSSR count). The number of hydrogen-bond donors (Lipinski definition) is 2. The first kappa shape index (κ1) is 29.1. The van der Waals surface area contributed by atoms with Crippen molar-refractivity contribution in [2.45, 2.75) is 69.2 Å². The van der Waals surface area contributed by atoms with Gasteiger partial charge in [-0.1, -0.05) is 102 Å². The van der Waals surface area contributed by atoms with Gasteiger partial charge in [0.1, 0.15) is 11.7 Å². The number of aliphatic imine (C=N–C) groups is 2. The van der Waals surface area contributed by atoms with E-state index in [0.717, 1.165) is 45.2 Å². The first-order valence-corrected chi connectivity index (χ1v) is 14.1. The second-order valence-electron chi connectivity index (χ2n) is 12.9. The van der Waals surface area contributed by atoms with Crippen LogP contribution in [0.2, 0.25) is 0 Å². The molecule has 0 spiro atoms. The Hall–Kier alpha value is -3.92. The van der Waals surface area contributed by atoms with Gasteiger partial charge in [0.15, 0.2) is 0 Å². The Morgan fingerprint density at radius 1 is 0.500 bits per heavy atom. The Morgan fingerprint density at radius 3 is 1.15 bits per heavy atom. The van der Waals surface area contributed by atoms with Gasteiger partial charge in [-0.2, -0.15) is 0 Å². The Bertz CT molecular complexity index is 1440. The summed E-state index contributed by atoms with van der Waals surface area (Å²) in [6.45, 7) is 21.7. The third-order valence-electron chi connectivity index (χ3n) is 7.16. The monoisotopic (exact) mass is 532 g/mol. The molecule has 0 bridgehead atoms. The molecular weight excluding hydrogens is 488 g/mol. The molecule has 2 N–H and O–H groups in total. The second-order valence-corrected chi connectivity index (χ2v) is 12.9. The first-order valence-electron chi connectivity index (χ1n) is 14.1. The zero-order valence-corrected chi connectivity index (χ0v) is 25.8. The van der Waals surface area contributed by atoms with Gasteiger partial charge >= 0.3 is 0 Å². The molecule has 0 fully saturated rings. The predicted octanol–water partition coefficient (Wildman–Crippen LogP) is 10.4. The Morgan fingerprint density at radius 2 is 0.825 bits per heavy atom. The van der Waals surface area contributed by atoms with Crippen LogP contribution in [-0.4, -0.2) is 11.7 Å². The lowest BCUT2D eigenvalue weighted by atomic mass is 9.93. The fourth-order valence-electron chi connectivity index (χ4n) is 4.76. The molecule has 0 aromatic heterocycles. The van der Waals surface area contributed by atoms with Crippen molar-refractivity contribution in [2.75, 3.05) is 10.6 Å². The topological polar surface area (TPSA) is 48.8 Å². The molecule has 40 heavy (non-hydrogen) atoms.